The molecule has 2 rings (SSSR count). The number of hydrogen-bond acceptors (Lipinski definition) is 6. The lowest BCUT2D eigenvalue weighted by Crippen LogP contribution is -2.30. The maximum atomic E-state index is 13.8. The summed E-state index contributed by atoms with van der Waals surface area (Å²) in [7, 11) is 5.04. The molecule has 0 saturated heterocycles. The molecule has 0 spiro atoms. The Balaban J connectivity index is 2.22. The predicted octanol–water partition coefficient (Wildman–Crippen LogP) is 2.77. The van der Waals surface area contributed by atoms with Crippen LogP contribution in [0, 0.1) is 5.82 Å². The summed E-state index contributed by atoms with van der Waals surface area (Å²) in [5, 5.41) is 8.67. The van der Waals surface area contributed by atoms with Crippen molar-refractivity contribution in [3.8, 4) is 5.75 Å². The maximum absolute atomic E-state index is 13.8. The average molecular weight is 396 g/mol. The molecule has 148 valence electrons. The van der Waals surface area contributed by atoms with E-state index < -0.39 is 5.82 Å². The summed E-state index contributed by atoms with van der Waals surface area (Å²) in [6.45, 7) is 4.28. The highest BCUT2D eigenvalue weighted by atomic mass is 32.2. The Morgan fingerprint density at radius 3 is 2.63 bits per heavy atom. The first-order valence-electron chi connectivity index (χ1n) is 8.53. The fourth-order valence-electron chi connectivity index (χ4n) is 2.52. The number of rotatable bonds is 9. The molecule has 2 atom stereocenters. The molecule has 0 aliphatic carbocycles. The van der Waals surface area contributed by atoms with E-state index in [1.54, 1.807) is 44.3 Å². The molecular formula is C18H25FN4O3S. The first kappa shape index (κ1) is 21.2. The van der Waals surface area contributed by atoms with Crippen molar-refractivity contribution in [3.05, 3.63) is 35.9 Å². The number of para-hydroxylation sites is 1. The third kappa shape index (κ3) is 5.43. The van der Waals surface area contributed by atoms with E-state index in [4.69, 9.17) is 9.47 Å². The lowest BCUT2D eigenvalue weighted by atomic mass is 10.3. The monoisotopic (exact) mass is 396 g/mol. The highest BCUT2D eigenvalue weighted by Gasteiger charge is 2.24. The zero-order valence-corrected chi connectivity index (χ0v) is 17.0. The van der Waals surface area contributed by atoms with E-state index in [1.807, 2.05) is 18.4 Å². The summed E-state index contributed by atoms with van der Waals surface area (Å²) >= 11 is 1.32. The minimum absolute atomic E-state index is 0.0156. The molecular weight excluding hydrogens is 371 g/mol. The number of halogens is 1. The Labute approximate surface area is 162 Å². The standard InChI is InChI=1S/C18H25FN4O3S/c1-12(10-25-5)23-16(11-26-15-9-7-6-8-14(15)19)20-21-18(23)27-13(2)17(24)22(3)4/h6-9,12-13H,10-11H2,1-5H3/t12-,13+/m1/s1. The predicted molar refractivity (Wildman–Crippen MR) is 101 cm³/mol. The van der Waals surface area contributed by atoms with Gasteiger partial charge in [0.15, 0.2) is 22.5 Å². The van der Waals surface area contributed by atoms with Crippen LogP contribution < -0.4 is 4.74 Å². The molecule has 7 nitrogen and oxygen atoms in total. The van der Waals surface area contributed by atoms with E-state index in [0.29, 0.717) is 17.6 Å². The van der Waals surface area contributed by atoms with Gasteiger partial charge in [-0.05, 0) is 26.0 Å². The maximum Gasteiger partial charge on any atom is 0.235 e. The van der Waals surface area contributed by atoms with Crippen LogP contribution in [0.2, 0.25) is 0 Å². The normalized spacial score (nSPS) is 13.3. The van der Waals surface area contributed by atoms with Crippen molar-refractivity contribution in [2.45, 2.75) is 36.9 Å². The van der Waals surface area contributed by atoms with Crippen LogP contribution in [-0.4, -0.2) is 58.6 Å². The van der Waals surface area contributed by atoms with E-state index in [2.05, 4.69) is 10.2 Å². The number of carbonyl (C=O) groups is 1. The number of amides is 1. The Bertz CT molecular complexity index is 769. The number of aromatic nitrogens is 3. The van der Waals surface area contributed by atoms with Gasteiger partial charge < -0.3 is 14.4 Å². The second kappa shape index (κ2) is 9.70. The third-order valence-electron chi connectivity index (χ3n) is 3.85. The summed E-state index contributed by atoms with van der Waals surface area (Å²) in [4.78, 5) is 13.7. The van der Waals surface area contributed by atoms with Gasteiger partial charge in [-0.25, -0.2) is 4.39 Å². The van der Waals surface area contributed by atoms with E-state index in [0.717, 1.165) is 0 Å². The van der Waals surface area contributed by atoms with Gasteiger partial charge in [-0.1, -0.05) is 23.9 Å². The summed E-state index contributed by atoms with van der Waals surface area (Å²) in [5.41, 5.74) is 0. The molecule has 0 fully saturated rings. The number of thioether (sulfide) groups is 1. The van der Waals surface area contributed by atoms with Gasteiger partial charge in [0, 0.05) is 21.2 Å². The molecule has 1 amide bonds. The Kier molecular flexibility index (Phi) is 7.61. The number of nitrogens with zero attached hydrogens (tertiary/aromatic N) is 4. The molecule has 0 aliphatic heterocycles. The molecule has 0 aliphatic rings. The highest BCUT2D eigenvalue weighted by molar-refractivity contribution is 8.00. The summed E-state index contributed by atoms with van der Waals surface area (Å²) < 4.78 is 26.5. The van der Waals surface area contributed by atoms with Gasteiger partial charge >= 0.3 is 0 Å². The highest BCUT2D eigenvalue weighted by Crippen LogP contribution is 2.27. The van der Waals surface area contributed by atoms with Crippen LogP contribution in [0.5, 0.6) is 5.75 Å². The topological polar surface area (TPSA) is 69.5 Å². The van der Waals surface area contributed by atoms with Gasteiger partial charge in [0.2, 0.25) is 5.91 Å². The SMILES string of the molecule is COC[C@@H](C)n1c(COc2ccccc2F)nnc1S[C@@H](C)C(=O)N(C)C. The van der Waals surface area contributed by atoms with Gasteiger partial charge in [0.25, 0.3) is 0 Å². The van der Waals surface area contributed by atoms with Gasteiger partial charge in [-0.15, -0.1) is 10.2 Å². The quantitative estimate of drug-likeness (QED) is 0.607. The van der Waals surface area contributed by atoms with Crippen LogP contribution in [0.3, 0.4) is 0 Å². The Morgan fingerprint density at radius 1 is 1.30 bits per heavy atom. The van der Waals surface area contributed by atoms with Crippen LogP contribution in [0.1, 0.15) is 25.7 Å². The lowest BCUT2D eigenvalue weighted by molar-refractivity contribution is -0.127. The Hall–Kier alpha value is -2.13. The van der Waals surface area contributed by atoms with Crippen LogP contribution in [0.25, 0.3) is 0 Å². The van der Waals surface area contributed by atoms with E-state index in [1.165, 1.54) is 17.8 Å². The molecule has 1 aromatic heterocycles. The largest absolute Gasteiger partial charge is 0.483 e. The van der Waals surface area contributed by atoms with Crippen LogP contribution >= 0.6 is 11.8 Å². The molecule has 0 radical (unpaired) electrons. The molecule has 1 aromatic carbocycles. The van der Waals surface area contributed by atoms with Crippen molar-refractivity contribution >= 4 is 17.7 Å². The molecule has 0 bridgehead atoms. The van der Waals surface area contributed by atoms with E-state index in [9.17, 15) is 9.18 Å². The number of benzene rings is 1. The molecule has 0 N–H and O–H groups in total. The fourth-order valence-corrected chi connectivity index (χ4v) is 3.64. The minimum Gasteiger partial charge on any atom is -0.483 e. The van der Waals surface area contributed by atoms with Crippen molar-refractivity contribution in [2.75, 3.05) is 27.8 Å². The molecule has 9 heteroatoms. The van der Waals surface area contributed by atoms with Crippen LogP contribution in [0.15, 0.2) is 29.4 Å². The van der Waals surface area contributed by atoms with E-state index in [-0.39, 0.29) is 29.6 Å². The van der Waals surface area contributed by atoms with Gasteiger partial charge in [-0.2, -0.15) is 0 Å². The number of methoxy groups -OCH3 is 1. The number of hydrogen-bond donors (Lipinski definition) is 0. The van der Waals surface area contributed by atoms with Crippen LogP contribution in [0.4, 0.5) is 4.39 Å². The smallest absolute Gasteiger partial charge is 0.235 e. The lowest BCUT2D eigenvalue weighted by Gasteiger charge is -2.20. The third-order valence-corrected chi connectivity index (χ3v) is 4.89. The molecule has 0 saturated carbocycles. The summed E-state index contributed by atoms with van der Waals surface area (Å²) in [6.07, 6.45) is 0. The van der Waals surface area contributed by atoms with Crippen molar-refractivity contribution in [1.82, 2.24) is 19.7 Å². The zero-order chi connectivity index (χ0) is 20.0. The minimum atomic E-state index is -0.437. The average Bonchev–Trinajstić information content (AvgIpc) is 3.03. The Morgan fingerprint density at radius 2 is 2.00 bits per heavy atom. The van der Waals surface area contributed by atoms with E-state index >= 15 is 0 Å². The first-order chi connectivity index (χ1) is 12.8. The second-order valence-corrected chi connectivity index (χ2v) is 7.59. The molecule has 2 aromatic rings. The van der Waals surface area contributed by atoms with Gasteiger partial charge in [0.05, 0.1) is 17.9 Å². The fraction of sp³-hybridized carbons (Fsp3) is 0.500. The van der Waals surface area contributed by atoms with Crippen molar-refractivity contribution < 1.29 is 18.7 Å². The van der Waals surface area contributed by atoms with Crippen LogP contribution in [-0.2, 0) is 16.1 Å². The summed E-state index contributed by atoms with van der Waals surface area (Å²) in [6, 6.07) is 6.12. The van der Waals surface area contributed by atoms with Crippen molar-refractivity contribution in [2.24, 2.45) is 0 Å². The zero-order valence-electron chi connectivity index (χ0n) is 16.2. The van der Waals surface area contributed by atoms with Gasteiger partial charge in [-0.3, -0.25) is 9.36 Å². The summed E-state index contributed by atoms with van der Waals surface area (Å²) in [5.74, 6) is 0.234. The molecule has 27 heavy (non-hydrogen) atoms. The number of carbonyl (C=O) groups excluding carboxylic acids is 1. The number of ether oxygens (including phenoxy) is 2. The second-order valence-electron chi connectivity index (χ2n) is 6.29. The van der Waals surface area contributed by atoms with Gasteiger partial charge in [0.1, 0.15) is 6.61 Å². The molecule has 0 unspecified atom stereocenters. The first-order valence-corrected chi connectivity index (χ1v) is 9.41. The van der Waals surface area contributed by atoms with Crippen molar-refractivity contribution in [3.63, 3.8) is 0 Å². The molecule has 1 heterocycles. The van der Waals surface area contributed by atoms with Crippen molar-refractivity contribution in [1.29, 1.82) is 0 Å².